The second-order valence-corrected chi connectivity index (χ2v) is 7.14. The maximum Gasteiger partial charge on any atom is 0.281 e. The van der Waals surface area contributed by atoms with E-state index in [1.165, 1.54) is 10.6 Å². The largest absolute Gasteiger partial charge is 0.316 e. The summed E-state index contributed by atoms with van der Waals surface area (Å²) in [5.41, 5.74) is 3.01. The molecule has 0 aliphatic carbocycles. The zero-order valence-corrected chi connectivity index (χ0v) is 14.8. The molecule has 0 aliphatic rings. The molecule has 1 aromatic carbocycles. The molecule has 0 saturated heterocycles. The third-order valence-electron chi connectivity index (χ3n) is 4.19. The number of fused-ring (bicyclic) bond motifs is 1. The third kappa shape index (κ3) is 3.31. The van der Waals surface area contributed by atoms with Gasteiger partial charge in [0.2, 0.25) is 0 Å². The number of hydrogen-bond donors (Lipinski definition) is 1. The van der Waals surface area contributed by atoms with Crippen molar-refractivity contribution >= 4 is 17.2 Å². The number of benzene rings is 1. The summed E-state index contributed by atoms with van der Waals surface area (Å²) in [6.07, 6.45) is 3.05. The fraction of sp³-hybridized carbons (Fsp3) is 0.250. The molecule has 5 heteroatoms. The molecule has 1 amide bonds. The van der Waals surface area contributed by atoms with E-state index >= 15 is 0 Å². The quantitative estimate of drug-likeness (QED) is 0.779. The Bertz CT molecular complexity index is 996. The minimum atomic E-state index is -0.327. The summed E-state index contributed by atoms with van der Waals surface area (Å²) >= 11 is 0. The monoisotopic (exact) mass is 335 g/mol. The minimum absolute atomic E-state index is 0.0218. The van der Waals surface area contributed by atoms with E-state index in [0.29, 0.717) is 11.2 Å². The van der Waals surface area contributed by atoms with Crippen LogP contribution in [0.4, 0.5) is 5.69 Å². The van der Waals surface area contributed by atoms with Crippen LogP contribution in [0.5, 0.6) is 0 Å². The van der Waals surface area contributed by atoms with Gasteiger partial charge in [-0.3, -0.25) is 14.0 Å². The number of nitrogens with one attached hydrogen (secondary N) is 1. The van der Waals surface area contributed by atoms with Gasteiger partial charge < -0.3 is 5.32 Å². The number of anilines is 1. The van der Waals surface area contributed by atoms with Gasteiger partial charge in [-0.05, 0) is 41.7 Å². The van der Waals surface area contributed by atoms with Crippen LogP contribution >= 0.6 is 0 Å². The predicted molar refractivity (Wildman–Crippen MR) is 99.3 cm³/mol. The van der Waals surface area contributed by atoms with Crippen LogP contribution in [0.2, 0.25) is 0 Å². The SMILES string of the molecule is Cc1cccn2c(=O)c(NC(=O)c3ccc(C(C)(C)C)cc3)cnc12. The van der Waals surface area contributed by atoms with Gasteiger partial charge in [0, 0.05) is 11.8 Å². The highest BCUT2D eigenvalue weighted by Gasteiger charge is 2.15. The second-order valence-electron chi connectivity index (χ2n) is 7.14. The predicted octanol–water partition coefficient (Wildman–Crippen LogP) is 3.55. The van der Waals surface area contributed by atoms with Crippen LogP contribution in [0.1, 0.15) is 42.3 Å². The van der Waals surface area contributed by atoms with Gasteiger partial charge in [0.1, 0.15) is 11.3 Å². The van der Waals surface area contributed by atoms with Crippen molar-refractivity contribution in [2.75, 3.05) is 5.32 Å². The summed E-state index contributed by atoms with van der Waals surface area (Å²) in [5.74, 6) is -0.327. The fourth-order valence-corrected chi connectivity index (χ4v) is 2.65. The van der Waals surface area contributed by atoms with E-state index in [1.807, 2.05) is 25.1 Å². The molecule has 0 radical (unpaired) electrons. The number of pyridine rings is 1. The van der Waals surface area contributed by atoms with Gasteiger partial charge in [0.25, 0.3) is 11.5 Å². The number of aromatic nitrogens is 2. The topological polar surface area (TPSA) is 63.5 Å². The van der Waals surface area contributed by atoms with Crippen molar-refractivity contribution in [2.45, 2.75) is 33.1 Å². The highest BCUT2D eigenvalue weighted by atomic mass is 16.2. The van der Waals surface area contributed by atoms with Crippen molar-refractivity contribution in [1.82, 2.24) is 9.38 Å². The van der Waals surface area contributed by atoms with Crippen molar-refractivity contribution in [2.24, 2.45) is 0 Å². The average molecular weight is 335 g/mol. The van der Waals surface area contributed by atoms with Crippen molar-refractivity contribution in [3.05, 3.63) is 75.8 Å². The molecular weight excluding hydrogens is 314 g/mol. The van der Waals surface area contributed by atoms with E-state index in [9.17, 15) is 9.59 Å². The second kappa shape index (κ2) is 6.16. The molecular formula is C20H21N3O2. The Morgan fingerprint density at radius 2 is 1.80 bits per heavy atom. The Labute approximate surface area is 146 Å². The number of carbonyl (C=O) groups excluding carboxylic acids is 1. The molecule has 3 rings (SSSR count). The lowest BCUT2D eigenvalue weighted by molar-refractivity contribution is 0.102. The first-order chi connectivity index (χ1) is 11.8. The lowest BCUT2D eigenvalue weighted by Gasteiger charge is -2.19. The summed E-state index contributed by atoms with van der Waals surface area (Å²) in [6.45, 7) is 8.24. The number of amides is 1. The van der Waals surface area contributed by atoms with E-state index in [2.05, 4.69) is 31.1 Å². The first kappa shape index (κ1) is 16.9. The van der Waals surface area contributed by atoms with Gasteiger partial charge in [0.05, 0.1) is 6.20 Å². The van der Waals surface area contributed by atoms with Crippen molar-refractivity contribution in [3.63, 3.8) is 0 Å². The Balaban J connectivity index is 1.90. The number of carbonyl (C=O) groups is 1. The normalized spacial score (nSPS) is 11.5. The molecule has 0 spiro atoms. The maximum atomic E-state index is 12.5. The van der Waals surface area contributed by atoms with E-state index in [4.69, 9.17) is 0 Å². The summed E-state index contributed by atoms with van der Waals surface area (Å²) in [5, 5.41) is 2.66. The summed E-state index contributed by atoms with van der Waals surface area (Å²) in [6, 6.07) is 11.1. The minimum Gasteiger partial charge on any atom is -0.316 e. The Morgan fingerprint density at radius 1 is 1.12 bits per heavy atom. The van der Waals surface area contributed by atoms with Crippen LogP contribution in [-0.4, -0.2) is 15.3 Å². The Hall–Kier alpha value is -2.95. The molecule has 0 bridgehead atoms. The van der Waals surface area contributed by atoms with Crippen LogP contribution in [0.25, 0.3) is 5.65 Å². The average Bonchev–Trinajstić information content (AvgIpc) is 2.57. The molecule has 2 heterocycles. The van der Waals surface area contributed by atoms with Gasteiger partial charge in [0.15, 0.2) is 0 Å². The summed E-state index contributed by atoms with van der Waals surface area (Å²) in [4.78, 5) is 29.3. The molecule has 2 aromatic heterocycles. The molecule has 3 aromatic rings. The molecule has 1 N–H and O–H groups in total. The van der Waals surface area contributed by atoms with E-state index in [-0.39, 0.29) is 22.6 Å². The summed E-state index contributed by atoms with van der Waals surface area (Å²) < 4.78 is 1.44. The Kier molecular flexibility index (Phi) is 4.17. The zero-order chi connectivity index (χ0) is 18.2. The van der Waals surface area contributed by atoms with Gasteiger partial charge in [-0.15, -0.1) is 0 Å². The molecule has 25 heavy (non-hydrogen) atoms. The number of hydrogen-bond acceptors (Lipinski definition) is 3. The van der Waals surface area contributed by atoms with Crippen LogP contribution in [0, 0.1) is 6.92 Å². The van der Waals surface area contributed by atoms with Crippen molar-refractivity contribution in [3.8, 4) is 0 Å². The first-order valence-corrected chi connectivity index (χ1v) is 8.16. The van der Waals surface area contributed by atoms with E-state index in [0.717, 1.165) is 11.1 Å². The smallest absolute Gasteiger partial charge is 0.281 e. The van der Waals surface area contributed by atoms with Gasteiger partial charge >= 0.3 is 0 Å². The lowest BCUT2D eigenvalue weighted by Crippen LogP contribution is -2.23. The Morgan fingerprint density at radius 3 is 2.44 bits per heavy atom. The van der Waals surface area contributed by atoms with Crippen LogP contribution in [0.3, 0.4) is 0 Å². The van der Waals surface area contributed by atoms with E-state index in [1.54, 1.807) is 24.4 Å². The summed E-state index contributed by atoms with van der Waals surface area (Å²) in [7, 11) is 0. The highest BCUT2D eigenvalue weighted by Crippen LogP contribution is 2.22. The first-order valence-electron chi connectivity index (χ1n) is 8.16. The highest BCUT2D eigenvalue weighted by molar-refractivity contribution is 6.04. The number of rotatable bonds is 2. The standard InChI is InChI=1S/C20H21N3O2/c1-13-6-5-11-23-17(13)21-12-16(19(23)25)22-18(24)14-7-9-15(10-8-14)20(2,3)4/h5-12H,1-4H3,(H,22,24). The molecule has 0 aliphatic heterocycles. The lowest BCUT2D eigenvalue weighted by atomic mass is 9.87. The molecule has 128 valence electrons. The van der Waals surface area contributed by atoms with Crippen LogP contribution in [-0.2, 0) is 5.41 Å². The zero-order valence-electron chi connectivity index (χ0n) is 14.8. The third-order valence-corrected chi connectivity index (χ3v) is 4.19. The maximum absolute atomic E-state index is 12.5. The number of nitrogens with zero attached hydrogens (tertiary/aromatic N) is 2. The van der Waals surface area contributed by atoms with Crippen LogP contribution in [0.15, 0.2) is 53.6 Å². The van der Waals surface area contributed by atoms with Gasteiger partial charge in [-0.25, -0.2) is 4.98 Å². The molecule has 0 fully saturated rings. The van der Waals surface area contributed by atoms with Crippen molar-refractivity contribution < 1.29 is 4.79 Å². The van der Waals surface area contributed by atoms with E-state index < -0.39 is 0 Å². The molecule has 0 saturated carbocycles. The fourth-order valence-electron chi connectivity index (χ4n) is 2.65. The number of aryl methyl sites for hydroxylation is 1. The van der Waals surface area contributed by atoms with Gasteiger partial charge in [-0.2, -0.15) is 0 Å². The van der Waals surface area contributed by atoms with Crippen LogP contribution < -0.4 is 10.9 Å². The van der Waals surface area contributed by atoms with Gasteiger partial charge in [-0.1, -0.05) is 39.0 Å². The molecule has 5 nitrogen and oxygen atoms in total. The van der Waals surface area contributed by atoms with Crippen molar-refractivity contribution in [1.29, 1.82) is 0 Å². The molecule has 0 unspecified atom stereocenters. The molecule has 0 atom stereocenters.